The smallest absolute Gasteiger partial charge is 0.245 e. The number of morpholine rings is 1. The van der Waals surface area contributed by atoms with Gasteiger partial charge in [-0.15, -0.1) is 11.3 Å². The van der Waals surface area contributed by atoms with Crippen molar-refractivity contribution in [3.8, 4) is 11.3 Å². The molecule has 0 bridgehead atoms. The number of nitrogens with zero attached hydrogens (tertiary/aromatic N) is 1. The highest BCUT2D eigenvalue weighted by atomic mass is 32.1. The normalized spacial score (nSPS) is 18.1. The maximum atomic E-state index is 12.3. The van der Waals surface area contributed by atoms with Gasteiger partial charge in [0.1, 0.15) is 6.04 Å². The summed E-state index contributed by atoms with van der Waals surface area (Å²) in [6.07, 6.45) is 0. The van der Waals surface area contributed by atoms with Crippen LogP contribution in [0.25, 0.3) is 11.3 Å². The van der Waals surface area contributed by atoms with E-state index < -0.39 is 0 Å². The summed E-state index contributed by atoms with van der Waals surface area (Å²) in [6.45, 7) is 6.03. The molecule has 0 spiro atoms. The van der Waals surface area contributed by atoms with Gasteiger partial charge in [0.05, 0.1) is 18.9 Å². The predicted octanol–water partition coefficient (Wildman–Crippen LogP) is 2.86. The van der Waals surface area contributed by atoms with Crippen LogP contribution in [0.1, 0.15) is 24.6 Å². The molecule has 122 valence electrons. The average Bonchev–Trinajstić information content (AvgIpc) is 3.00. The third-order valence-corrected chi connectivity index (χ3v) is 4.96. The van der Waals surface area contributed by atoms with Crippen molar-refractivity contribution in [1.29, 1.82) is 0 Å². The minimum absolute atomic E-state index is 0.0895. The van der Waals surface area contributed by atoms with Crippen molar-refractivity contribution in [1.82, 2.24) is 10.3 Å². The molecule has 0 radical (unpaired) electrons. The fraction of sp³-hybridized carbons (Fsp3) is 0.412. The molecular weight excluding hydrogens is 310 g/mol. The highest BCUT2D eigenvalue weighted by Gasteiger charge is 2.23. The summed E-state index contributed by atoms with van der Waals surface area (Å²) >= 11 is 1.54. The molecule has 2 heterocycles. The molecule has 0 aliphatic carbocycles. The Morgan fingerprint density at radius 2 is 2.17 bits per heavy atom. The van der Waals surface area contributed by atoms with Crippen LogP contribution >= 0.6 is 11.3 Å². The van der Waals surface area contributed by atoms with E-state index in [2.05, 4.69) is 29.5 Å². The fourth-order valence-corrected chi connectivity index (χ4v) is 3.50. The highest BCUT2D eigenvalue weighted by molar-refractivity contribution is 7.16. The van der Waals surface area contributed by atoms with Crippen molar-refractivity contribution in [2.75, 3.05) is 25.1 Å². The zero-order valence-corrected chi connectivity index (χ0v) is 14.2. The Hall–Kier alpha value is -1.76. The minimum Gasteiger partial charge on any atom is -0.378 e. The third-order valence-electron chi connectivity index (χ3n) is 3.69. The lowest BCUT2D eigenvalue weighted by Gasteiger charge is -2.22. The maximum Gasteiger partial charge on any atom is 0.245 e. The highest BCUT2D eigenvalue weighted by Crippen LogP contribution is 2.36. The van der Waals surface area contributed by atoms with Crippen LogP contribution in [0.3, 0.4) is 0 Å². The van der Waals surface area contributed by atoms with Crippen LogP contribution in [0.2, 0.25) is 0 Å². The maximum absolute atomic E-state index is 12.3. The lowest BCUT2D eigenvalue weighted by atomic mass is 10.1. The Morgan fingerprint density at radius 1 is 1.39 bits per heavy atom. The summed E-state index contributed by atoms with van der Waals surface area (Å²) in [7, 11) is 0. The van der Waals surface area contributed by atoms with Crippen LogP contribution < -0.4 is 10.6 Å². The molecule has 0 saturated carbocycles. The SMILES string of the molecule is CC(C)c1sc(NC(=O)C2COCCN2)nc1-c1ccccc1. The molecule has 1 atom stereocenters. The van der Waals surface area contributed by atoms with E-state index in [-0.39, 0.29) is 11.9 Å². The van der Waals surface area contributed by atoms with E-state index in [4.69, 9.17) is 4.74 Å². The fourth-order valence-electron chi connectivity index (χ4n) is 2.51. The standard InChI is InChI=1S/C17H21N3O2S/c1-11(2)15-14(12-6-4-3-5-7-12)19-17(23-15)20-16(21)13-10-22-9-8-18-13/h3-7,11,13,18H,8-10H2,1-2H3,(H,19,20,21). The van der Waals surface area contributed by atoms with E-state index >= 15 is 0 Å². The van der Waals surface area contributed by atoms with Gasteiger partial charge >= 0.3 is 0 Å². The second-order valence-corrected chi connectivity index (χ2v) is 6.85. The first-order chi connectivity index (χ1) is 11.1. The van der Waals surface area contributed by atoms with Crippen LogP contribution in [-0.4, -0.2) is 36.7 Å². The number of ether oxygens (including phenoxy) is 1. The lowest BCUT2D eigenvalue weighted by molar-refractivity contribution is -0.120. The molecule has 6 heteroatoms. The van der Waals surface area contributed by atoms with Gasteiger partial charge in [0.25, 0.3) is 0 Å². The van der Waals surface area contributed by atoms with Crippen molar-refractivity contribution < 1.29 is 9.53 Å². The van der Waals surface area contributed by atoms with Crippen LogP contribution in [0.15, 0.2) is 30.3 Å². The number of thiazole rings is 1. The molecule has 5 nitrogen and oxygen atoms in total. The van der Waals surface area contributed by atoms with Gasteiger partial charge in [-0.05, 0) is 5.92 Å². The number of hydrogen-bond acceptors (Lipinski definition) is 5. The number of carbonyl (C=O) groups excluding carboxylic acids is 1. The van der Waals surface area contributed by atoms with Crippen LogP contribution in [0.5, 0.6) is 0 Å². The second kappa shape index (κ2) is 7.21. The average molecular weight is 331 g/mol. The molecule has 1 aromatic carbocycles. The molecule has 1 unspecified atom stereocenters. The van der Waals surface area contributed by atoms with E-state index in [0.717, 1.165) is 11.3 Å². The van der Waals surface area contributed by atoms with Gasteiger partial charge in [-0.2, -0.15) is 0 Å². The quantitative estimate of drug-likeness (QED) is 0.904. The molecule has 23 heavy (non-hydrogen) atoms. The number of aromatic nitrogens is 1. The van der Waals surface area contributed by atoms with Gasteiger partial charge in [0, 0.05) is 17.0 Å². The Bertz CT molecular complexity index is 664. The zero-order valence-electron chi connectivity index (χ0n) is 13.3. The van der Waals surface area contributed by atoms with E-state index in [1.807, 2.05) is 30.3 Å². The molecule has 1 saturated heterocycles. The predicted molar refractivity (Wildman–Crippen MR) is 92.9 cm³/mol. The summed E-state index contributed by atoms with van der Waals surface area (Å²) < 4.78 is 5.34. The Kier molecular flexibility index (Phi) is 5.05. The van der Waals surface area contributed by atoms with Crippen molar-refractivity contribution >= 4 is 22.4 Å². The van der Waals surface area contributed by atoms with Crippen molar-refractivity contribution in [3.63, 3.8) is 0 Å². The minimum atomic E-state index is -0.310. The molecule has 3 rings (SSSR count). The van der Waals surface area contributed by atoms with Crippen LogP contribution in [0, 0.1) is 0 Å². The first-order valence-electron chi connectivity index (χ1n) is 7.83. The summed E-state index contributed by atoms with van der Waals surface area (Å²) in [5.41, 5.74) is 2.03. The van der Waals surface area contributed by atoms with E-state index in [1.165, 1.54) is 4.88 Å². The number of nitrogens with one attached hydrogen (secondary N) is 2. The second-order valence-electron chi connectivity index (χ2n) is 5.82. The molecule has 1 aliphatic rings. The van der Waals surface area contributed by atoms with E-state index in [1.54, 1.807) is 11.3 Å². The van der Waals surface area contributed by atoms with Crippen molar-refractivity contribution in [2.45, 2.75) is 25.8 Å². The van der Waals surface area contributed by atoms with Crippen molar-refractivity contribution in [3.05, 3.63) is 35.2 Å². The number of hydrogen-bond donors (Lipinski definition) is 2. The van der Waals surface area contributed by atoms with Gasteiger partial charge in [-0.3, -0.25) is 4.79 Å². The van der Waals surface area contributed by atoms with Gasteiger partial charge in [0.15, 0.2) is 5.13 Å². The Balaban J connectivity index is 1.82. The lowest BCUT2D eigenvalue weighted by Crippen LogP contribution is -2.48. The summed E-state index contributed by atoms with van der Waals surface area (Å²) in [5.74, 6) is 0.262. The summed E-state index contributed by atoms with van der Waals surface area (Å²) in [5, 5.41) is 6.72. The number of carbonyl (C=O) groups is 1. The number of anilines is 1. The van der Waals surface area contributed by atoms with Gasteiger partial charge in [-0.1, -0.05) is 44.2 Å². The Labute approximate surface area is 140 Å². The van der Waals surface area contributed by atoms with Crippen LogP contribution in [0.4, 0.5) is 5.13 Å². The van der Waals surface area contributed by atoms with Gasteiger partial charge in [-0.25, -0.2) is 4.98 Å². The molecule has 1 aromatic heterocycles. The molecule has 1 aliphatic heterocycles. The number of rotatable bonds is 4. The molecular formula is C17H21N3O2S. The summed E-state index contributed by atoms with van der Waals surface area (Å²) in [6, 6.07) is 9.77. The monoisotopic (exact) mass is 331 g/mol. The van der Waals surface area contributed by atoms with Gasteiger partial charge in [0.2, 0.25) is 5.91 Å². The number of amides is 1. The largest absolute Gasteiger partial charge is 0.378 e. The molecule has 2 aromatic rings. The van der Waals surface area contributed by atoms with E-state index in [9.17, 15) is 4.79 Å². The molecule has 2 N–H and O–H groups in total. The number of benzene rings is 1. The molecule has 1 fully saturated rings. The van der Waals surface area contributed by atoms with Gasteiger partial charge < -0.3 is 15.4 Å². The summed E-state index contributed by atoms with van der Waals surface area (Å²) in [4.78, 5) is 18.1. The zero-order chi connectivity index (χ0) is 16.2. The third kappa shape index (κ3) is 3.77. The van der Waals surface area contributed by atoms with Crippen molar-refractivity contribution in [2.24, 2.45) is 0 Å². The van der Waals surface area contributed by atoms with Crippen LogP contribution in [-0.2, 0) is 9.53 Å². The Morgan fingerprint density at radius 3 is 2.83 bits per heavy atom. The van der Waals surface area contributed by atoms with E-state index in [0.29, 0.717) is 30.8 Å². The first kappa shape index (κ1) is 16.1. The topological polar surface area (TPSA) is 63.2 Å². The first-order valence-corrected chi connectivity index (χ1v) is 8.65. The molecule has 1 amide bonds.